The average molecular weight is 531 g/mol. The van der Waals surface area contributed by atoms with Crippen LogP contribution in [0.5, 0.6) is 0 Å². The molecule has 4 aromatic heterocycles. The highest BCUT2D eigenvalue weighted by Gasteiger charge is 2.17. The molecule has 1 aliphatic rings. The number of carbonyl (C=O) groups excluding carboxylic acids is 1. The topological polar surface area (TPSA) is 106 Å². The molecule has 1 amide bonds. The van der Waals surface area contributed by atoms with Crippen LogP contribution >= 0.6 is 12.6 Å². The number of H-pyrrole nitrogens is 1. The molecule has 0 radical (unpaired) electrons. The summed E-state index contributed by atoms with van der Waals surface area (Å²) in [6.45, 7) is 5.28. The lowest BCUT2D eigenvalue weighted by molar-refractivity contribution is -0.115. The summed E-state index contributed by atoms with van der Waals surface area (Å²) in [7, 11) is 2.00. The van der Waals surface area contributed by atoms with Crippen LogP contribution in [0.2, 0.25) is 0 Å². The van der Waals surface area contributed by atoms with Crippen molar-refractivity contribution >= 4 is 46.3 Å². The fourth-order valence-corrected chi connectivity index (χ4v) is 5.13. The number of thiol groups is 1. The van der Waals surface area contributed by atoms with E-state index in [0.717, 1.165) is 89.5 Å². The fraction of sp³-hybridized carbons (Fsp3) is 0.333. The lowest BCUT2D eigenvalue weighted by Crippen LogP contribution is -2.38. The van der Waals surface area contributed by atoms with Gasteiger partial charge in [-0.25, -0.2) is 9.97 Å². The molecule has 0 unspecified atom stereocenters. The first-order valence-corrected chi connectivity index (χ1v) is 13.4. The number of rotatable bonds is 8. The van der Waals surface area contributed by atoms with E-state index in [1.165, 1.54) is 0 Å². The second-order valence-electron chi connectivity index (χ2n) is 9.51. The molecular formula is C27H30N8O2S. The highest BCUT2D eigenvalue weighted by Crippen LogP contribution is 2.35. The van der Waals surface area contributed by atoms with Crippen molar-refractivity contribution in [1.82, 2.24) is 34.2 Å². The standard InChI is InChI=1S/C27H30N8O2S/c1-33-17-22(20-3-2-19(12-24(20)33)31-25(36)4-11-38)21-14-28-27-26(21)32-23(15-29-27)18-13-30-35(16-18)6-5-34-7-9-37-10-8-34/h2-3,12-17,38H,4-11H2,1H3,(H,28,29)(H,31,36). The maximum atomic E-state index is 12.0. The number of fused-ring (bicyclic) bond motifs is 2. The fourth-order valence-electron chi connectivity index (χ4n) is 4.92. The Morgan fingerprint density at radius 3 is 2.87 bits per heavy atom. The highest BCUT2D eigenvalue weighted by atomic mass is 32.1. The summed E-state index contributed by atoms with van der Waals surface area (Å²) in [5.74, 6) is 0.471. The molecule has 6 rings (SSSR count). The molecule has 2 N–H and O–H groups in total. The summed E-state index contributed by atoms with van der Waals surface area (Å²) in [5, 5.41) is 8.57. The predicted octanol–water partition coefficient (Wildman–Crippen LogP) is 3.57. The van der Waals surface area contributed by atoms with Crippen molar-refractivity contribution in [3.63, 3.8) is 0 Å². The third kappa shape index (κ3) is 4.92. The first-order chi connectivity index (χ1) is 18.6. The molecule has 0 spiro atoms. The molecule has 0 saturated carbocycles. The van der Waals surface area contributed by atoms with Crippen LogP contribution in [0.1, 0.15) is 6.42 Å². The van der Waals surface area contributed by atoms with Crippen molar-refractivity contribution < 1.29 is 9.53 Å². The van der Waals surface area contributed by atoms with Crippen molar-refractivity contribution in [2.24, 2.45) is 7.05 Å². The number of nitrogens with one attached hydrogen (secondary N) is 2. The zero-order valence-electron chi connectivity index (χ0n) is 21.2. The number of morpholine rings is 1. The second kappa shape index (κ2) is 10.6. The highest BCUT2D eigenvalue weighted by molar-refractivity contribution is 7.80. The maximum absolute atomic E-state index is 12.0. The SMILES string of the molecule is Cn1cc(-c2c[nH]c3ncc(-c4cnn(CCN5CCOCC5)c4)nc23)c2ccc(NC(=O)CCS)cc21. The Kier molecular flexibility index (Phi) is 6.88. The molecule has 1 aromatic carbocycles. The first-order valence-electron chi connectivity index (χ1n) is 12.8. The summed E-state index contributed by atoms with van der Waals surface area (Å²) >= 11 is 4.14. The smallest absolute Gasteiger partial charge is 0.225 e. The van der Waals surface area contributed by atoms with Crippen LogP contribution in [0.4, 0.5) is 5.69 Å². The van der Waals surface area contributed by atoms with Crippen molar-refractivity contribution in [2.75, 3.05) is 43.9 Å². The Bertz CT molecular complexity index is 1600. The third-order valence-corrected chi connectivity index (χ3v) is 7.19. The van der Waals surface area contributed by atoms with E-state index in [0.29, 0.717) is 12.2 Å². The molecule has 10 nitrogen and oxygen atoms in total. The van der Waals surface area contributed by atoms with Gasteiger partial charge in [0.2, 0.25) is 5.91 Å². The van der Waals surface area contributed by atoms with Gasteiger partial charge in [-0.1, -0.05) is 6.07 Å². The largest absolute Gasteiger partial charge is 0.379 e. The van der Waals surface area contributed by atoms with Gasteiger partial charge in [0.05, 0.1) is 43.4 Å². The minimum absolute atomic E-state index is 0.0439. The van der Waals surface area contributed by atoms with E-state index in [-0.39, 0.29) is 5.91 Å². The monoisotopic (exact) mass is 530 g/mol. The average Bonchev–Trinajstić information content (AvgIpc) is 3.65. The van der Waals surface area contributed by atoms with E-state index in [1.54, 1.807) is 6.20 Å². The lowest BCUT2D eigenvalue weighted by atomic mass is 10.1. The Morgan fingerprint density at radius 2 is 2.03 bits per heavy atom. The van der Waals surface area contributed by atoms with Crippen LogP contribution in [-0.4, -0.2) is 78.7 Å². The summed E-state index contributed by atoms with van der Waals surface area (Å²) in [6, 6.07) is 5.96. The van der Waals surface area contributed by atoms with Gasteiger partial charge < -0.3 is 19.6 Å². The minimum atomic E-state index is -0.0439. The van der Waals surface area contributed by atoms with Gasteiger partial charge in [0.15, 0.2) is 5.65 Å². The zero-order valence-corrected chi connectivity index (χ0v) is 22.1. The number of hydrogen-bond acceptors (Lipinski definition) is 7. The molecule has 11 heteroatoms. The Morgan fingerprint density at radius 1 is 1.16 bits per heavy atom. The van der Waals surface area contributed by atoms with Crippen molar-refractivity contribution in [2.45, 2.75) is 13.0 Å². The summed E-state index contributed by atoms with van der Waals surface area (Å²) in [6.07, 6.45) is 10.1. The number of carbonyl (C=O) groups is 1. The molecule has 0 atom stereocenters. The molecule has 1 fully saturated rings. The van der Waals surface area contributed by atoms with Gasteiger partial charge in [-0.2, -0.15) is 17.7 Å². The van der Waals surface area contributed by atoms with Crippen LogP contribution in [0, 0.1) is 0 Å². The molecule has 1 aliphatic heterocycles. The number of aromatic nitrogens is 6. The number of nitrogens with zero attached hydrogens (tertiary/aromatic N) is 6. The first kappa shape index (κ1) is 24.7. The Balaban J connectivity index is 1.28. The minimum Gasteiger partial charge on any atom is -0.379 e. The van der Waals surface area contributed by atoms with E-state index >= 15 is 0 Å². The maximum Gasteiger partial charge on any atom is 0.225 e. The van der Waals surface area contributed by atoms with Crippen LogP contribution in [-0.2, 0) is 23.1 Å². The van der Waals surface area contributed by atoms with Crippen LogP contribution < -0.4 is 5.32 Å². The number of anilines is 1. The second-order valence-corrected chi connectivity index (χ2v) is 9.96. The molecular weight excluding hydrogens is 500 g/mol. The Labute approximate surface area is 225 Å². The number of aryl methyl sites for hydroxylation is 1. The van der Waals surface area contributed by atoms with Gasteiger partial charge in [0.1, 0.15) is 5.52 Å². The number of benzene rings is 1. The number of hydrogen-bond donors (Lipinski definition) is 3. The van der Waals surface area contributed by atoms with E-state index in [4.69, 9.17) is 9.72 Å². The van der Waals surface area contributed by atoms with Crippen molar-refractivity contribution in [3.8, 4) is 22.4 Å². The van der Waals surface area contributed by atoms with E-state index in [9.17, 15) is 4.79 Å². The predicted molar refractivity (Wildman–Crippen MR) is 151 cm³/mol. The van der Waals surface area contributed by atoms with Gasteiger partial charge in [-0.05, 0) is 17.9 Å². The van der Waals surface area contributed by atoms with E-state index < -0.39 is 0 Å². The normalized spacial score (nSPS) is 14.5. The number of amides is 1. The van der Waals surface area contributed by atoms with Crippen LogP contribution in [0.15, 0.2) is 49.2 Å². The van der Waals surface area contributed by atoms with Gasteiger partial charge in [-0.15, -0.1) is 0 Å². The van der Waals surface area contributed by atoms with Crippen molar-refractivity contribution in [1.29, 1.82) is 0 Å². The van der Waals surface area contributed by atoms with Gasteiger partial charge >= 0.3 is 0 Å². The number of ether oxygens (including phenoxy) is 1. The summed E-state index contributed by atoms with van der Waals surface area (Å²) < 4.78 is 9.46. The molecule has 38 heavy (non-hydrogen) atoms. The Hall–Kier alpha value is -3.67. The summed E-state index contributed by atoms with van der Waals surface area (Å²) in [5.41, 5.74) is 7.07. The van der Waals surface area contributed by atoms with Crippen LogP contribution in [0.25, 0.3) is 44.5 Å². The van der Waals surface area contributed by atoms with Gasteiger partial charge in [-0.3, -0.25) is 14.4 Å². The molecule has 1 saturated heterocycles. The van der Waals surface area contributed by atoms with E-state index in [2.05, 4.69) is 48.7 Å². The quantitative estimate of drug-likeness (QED) is 0.265. The van der Waals surface area contributed by atoms with Crippen LogP contribution in [0.3, 0.4) is 0 Å². The molecule has 196 valence electrons. The van der Waals surface area contributed by atoms with Gasteiger partial charge in [0.25, 0.3) is 0 Å². The molecule has 5 aromatic rings. The number of aromatic amines is 1. The summed E-state index contributed by atoms with van der Waals surface area (Å²) in [4.78, 5) is 27.3. The zero-order chi connectivity index (χ0) is 26.1. The van der Waals surface area contributed by atoms with Crippen molar-refractivity contribution in [3.05, 3.63) is 49.2 Å². The van der Waals surface area contributed by atoms with Gasteiger partial charge in [0, 0.05) is 79.5 Å². The molecule has 0 aliphatic carbocycles. The third-order valence-electron chi connectivity index (χ3n) is 6.96. The molecule has 5 heterocycles. The van der Waals surface area contributed by atoms with E-state index in [1.807, 2.05) is 48.5 Å². The lowest BCUT2D eigenvalue weighted by Gasteiger charge is -2.26. The molecule has 0 bridgehead atoms.